The van der Waals surface area contributed by atoms with E-state index in [4.69, 9.17) is 14.2 Å². The molecule has 8 nitrogen and oxygen atoms in total. The van der Waals surface area contributed by atoms with Gasteiger partial charge in [0.25, 0.3) is 11.8 Å². The molecule has 0 aliphatic heterocycles. The van der Waals surface area contributed by atoms with Crippen molar-refractivity contribution in [1.29, 1.82) is 0 Å². The molecule has 2 amide bonds. The number of amides is 2. The lowest BCUT2D eigenvalue weighted by molar-refractivity contribution is -0.120. The number of nitrogens with one attached hydrogen (secondary N) is 2. The molecular formula is C26H37N3O5. The highest BCUT2D eigenvalue weighted by Gasteiger charge is 2.21. The monoisotopic (exact) mass is 471 g/mol. The van der Waals surface area contributed by atoms with Gasteiger partial charge >= 0.3 is 0 Å². The molecule has 2 rings (SSSR count). The number of methoxy groups -OCH3 is 3. The molecule has 0 radical (unpaired) electrons. The number of rotatable bonds is 11. The fraction of sp³-hybridized carbons (Fsp3) is 0.500. The lowest BCUT2D eigenvalue weighted by Crippen LogP contribution is -2.35. The topological polar surface area (TPSA) is 98.2 Å². The third kappa shape index (κ3) is 7.93. The van der Waals surface area contributed by atoms with Crippen LogP contribution in [0.4, 0.5) is 0 Å². The molecule has 1 aromatic rings. The number of nitrogens with zero attached hydrogens (tertiary/aromatic N) is 1. The van der Waals surface area contributed by atoms with Gasteiger partial charge in [-0.3, -0.25) is 9.59 Å². The maximum atomic E-state index is 12.5. The number of allylic oxidation sites excluding steroid dienone is 4. The third-order valence-corrected chi connectivity index (χ3v) is 5.80. The number of hydrogen-bond acceptors (Lipinski definition) is 6. The van der Waals surface area contributed by atoms with E-state index in [1.54, 1.807) is 6.21 Å². The highest BCUT2D eigenvalue weighted by molar-refractivity contribution is 5.97. The highest BCUT2D eigenvalue weighted by Crippen LogP contribution is 2.38. The molecule has 1 aliphatic rings. The third-order valence-electron chi connectivity index (χ3n) is 5.80. The van der Waals surface area contributed by atoms with Crippen LogP contribution < -0.4 is 25.0 Å². The van der Waals surface area contributed by atoms with Crippen LogP contribution in [-0.2, 0) is 4.79 Å². The second kappa shape index (κ2) is 13.4. The van der Waals surface area contributed by atoms with Crippen LogP contribution in [0.1, 0.15) is 56.8 Å². The molecule has 0 bridgehead atoms. The average Bonchev–Trinajstić information content (AvgIpc) is 2.82. The second-order valence-electron chi connectivity index (χ2n) is 8.67. The highest BCUT2D eigenvalue weighted by atomic mass is 16.5. The zero-order valence-electron chi connectivity index (χ0n) is 21.1. The molecule has 0 saturated heterocycles. The Morgan fingerprint density at radius 1 is 1.12 bits per heavy atom. The van der Waals surface area contributed by atoms with E-state index in [1.807, 2.05) is 0 Å². The van der Waals surface area contributed by atoms with Gasteiger partial charge in [0.15, 0.2) is 11.5 Å². The summed E-state index contributed by atoms with van der Waals surface area (Å²) in [6.45, 7) is 6.25. The Bertz CT molecular complexity index is 923. The van der Waals surface area contributed by atoms with Crippen molar-refractivity contribution in [2.45, 2.75) is 46.5 Å². The van der Waals surface area contributed by atoms with Crippen LogP contribution in [0.25, 0.3) is 0 Å². The fourth-order valence-electron chi connectivity index (χ4n) is 3.86. The number of benzene rings is 1. The predicted octanol–water partition coefficient (Wildman–Crippen LogP) is 4.26. The van der Waals surface area contributed by atoms with Crippen LogP contribution in [0, 0.1) is 11.8 Å². The van der Waals surface area contributed by atoms with Crippen LogP contribution >= 0.6 is 0 Å². The molecule has 2 N–H and O–H groups in total. The van der Waals surface area contributed by atoms with Crippen molar-refractivity contribution in [1.82, 2.24) is 10.7 Å². The lowest BCUT2D eigenvalue weighted by atomic mass is 9.80. The van der Waals surface area contributed by atoms with Crippen LogP contribution in [0.2, 0.25) is 0 Å². The first-order valence-corrected chi connectivity index (χ1v) is 11.5. The van der Waals surface area contributed by atoms with Gasteiger partial charge < -0.3 is 19.5 Å². The maximum Gasteiger partial charge on any atom is 0.259 e. The summed E-state index contributed by atoms with van der Waals surface area (Å²) < 4.78 is 15.8. The number of carbonyl (C=O) groups excluding carboxylic acids is 2. The van der Waals surface area contributed by atoms with Gasteiger partial charge in [-0.25, -0.2) is 5.43 Å². The van der Waals surface area contributed by atoms with E-state index in [1.165, 1.54) is 44.6 Å². The molecule has 8 heteroatoms. The van der Waals surface area contributed by atoms with Gasteiger partial charge in [-0.15, -0.1) is 0 Å². The Kier molecular flexibility index (Phi) is 10.6. The minimum Gasteiger partial charge on any atom is -0.493 e. The fourth-order valence-corrected chi connectivity index (χ4v) is 3.86. The van der Waals surface area contributed by atoms with Crippen molar-refractivity contribution in [2.75, 3.05) is 27.9 Å². The number of carbonyl (C=O) groups is 2. The van der Waals surface area contributed by atoms with E-state index >= 15 is 0 Å². The Hall–Kier alpha value is -3.29. The lowest BCUT2D eigenvalue weighted by Gasteiger charge is -2.25. The largest absolute Gasteiger partial charge is 0.493 e. The molecule has 0 saturated carbocycles. The van der Waals surface area contributed by atoms with Gasteiger partial charge in [0.05, 0.1) is 27.9 Å². The van der Waals surface area contributed by atoms with Crippen molar-refractivity contribution in [2.24, 2.45) is 16.9 Å². The minimum absolute atomic E-state index is 0.207. The van der Waals surface area contributed by atoms with Gasteiger partial charge in [0.1, 0.15) is 0 Å². The van der Waals surface area contributed by atoms with Gasteiger partial charge in [0.2, 0.25) is 5.75 Å². The molecule has 186 valence electrons. The molecule has 34 heavy (non-hydrogen) atoms. The predicted molar refractivity (Wildman–Crippen MR) is 134 cm³/mol. The summed E-state index contributed by atoms with van der Waals surface area (Å²) in [7, 11) is 4.43. The summed E-state index contributed by atoms with van der Waals surface area (Å²) in [5, 5.41) is 6.69. The summed E-state index contributed by atoms with van der Waals surface area (Å²) in [6.07, 6.45) is 10.5. The molecular weight excluding hydrogens is 434 g/mol. The molecule has 0 spiro atoms. The SMILES string of the molecule is COc1cc(C(=O)NCC(=O)N/N=C/C2CC=C(CCC=C(C)C)CC2C)cc(OC)c1OC. The van der Waals surface area contributed by atoms with Crippen LogP contribution in [-0.4, -0.2) is 45.9 Å². The standard InChI is InChI=1S/C26H37N3O5/c1-17(2)8-7-9-19-10-11-20(18(3)12-19)15-28-29-24(30)16-27-26(31)21-13-22(32-4)25(34-6)23(14-21)33-5/h8,10,13-15,18,20H,7,9,11-12,16H2,1-6H3,(H,27,31)(H,29,30)/b28-15+. The number of hydrazone groups is 1. The quantitative estimate of drug-likeness (QED) is 0.285. The van der Waals surface area contributed by atoms with Crippen molar-refractivity contribution in [3.05, 3.63) is 41.0 Å². The summed E-state index contributed by atoms with van der Waals surface area (Å²) in [5.74, 6) is 1.01. The van der Waals surface area contributed by atoms with Crippen LogP contribution in [0.3, 0.4) is 0 Å². The zero-order valence-corrected chi connectivity index (χ0v) is 21.1. The Labute approximate surface area is 202 Å². The van der Waals surface area contributed by atoms with Crippen LogP contribution in [0.15, 0.2) is 40.5 Å². The summed E-state index contributed by atoms with van der Waals surface area (Å²) >= 11 is 0. The summed E-state index contributed by atoms with van der Waals surface area (Å²) in [4.78, 5) is 24.6. The van der Waals surface area contributed by atoms with Crippen molar-refractivity contribution in [3.8, 4) is 17.2 Å². The zero-order chi connectivity index (χ0) is 25.1. The Balaban J connectivity index is 1.84. The smallest absolute Gasteiger partial charge is 0.259 e. The van der Waals surface area contributed by atoms with Crippen molar-refractivity contribution >= 4 is 18.0 Å². The normalized spacial score (nSPS) is 17.5. The van der Waals surface area contributed by atoms with Gasteiger partial charge in [-0.05, 0) is 57.6 Å². The van der Waals surface area contributed by atoms with Gasteiger partial charge in [-0.1, -0.05) is 30.2 Å². The van der Waals surface area contributed by atoms with E-state index in [0.29, 0.717) is 23.2 Å². The minimum atomic E-state index is -0.440. The molecule has 0 aromatic heterocycles. The first-order chi connectivity index (χ1) is 16.3. The van der Waals surface area contributed by atoms with Gasteiger partial charge in [-0.2, -0.15) is 5.10 Å². The van der Waals surface area contributed by atoms with Gasteiger partial charge in [0, 0.05) is 17.7 Å². The van der Waals surface area contributed by atoms with E-state index < -0.39 is 11.8 Å². The first-order valence-electron chi connectivity index (χ1n) is 11.5. The molecule has 2 unspecified atom stereocenters. The molecule has 1 aromatic carbocycles. The Morgan fingerprint density at radius 2 is 1.79 bits per heavy atom. The average molecular weight is 472 g/mol. The maximum absolute atomic E-state index is 12.5. The molecule has 0 heterocycles. The van der Waals surface area contributed by atoms with E-state index in [2.05, 4.69) is 48.8 Å². The summed E-state index contributed by atoms with van der Waals surface area (Å²) in [5.41, 5.74) is 5.63. The first kappa shape index (κ1) is 27.0. The van der Waals surface area contributed by atoms with E-state index in [9.17, 15) is 9.59 Å². The molecule has 0 fully saturated rings. The van der Waals surface area contributed by atoms with Crippen molar-refractivity contribution in [3.63, 3.8) is 0 Å². The number of ether oxygens (including phenoxy) is 3. The van der Waals surface area contributed by atoms with Crippen molar-refractivity contribution < 1.29 is 23.8 Å². The van der Waals surface area contributed by atoms with E-state index in [0.717, 1.165) is 25.7 Å². The molecule has 1 aliphatic carbocycles. The second-order valence-corrected chi connectivity index (χ2v) is 8.67. The Morgan fingerprint density at radius 3 is 2.35 bits per heavy atom. The summed E-state index contributed by atoms with van der Waals surface area (Å²) in [6, 6.07) is 3.05. The number of hydrogen-bond donors (Lipinski definition) is 2. The molecule has 2 atom stereocenters. The van der Waals surface area contributed by atoms with E-state index in [-0.39, 0.29) is 18.0 Å². The van der Waals surface area contributed by atoms with Crippen LogP contribution in [0.5, 0.6) is 17.2 Å².